The zero-order valence-electron chi connectivity index (χ0n) is 22.8. The fourth-order valence-electron chi connectivity index (χ4n) is 5.08. The van der Waals surface area contributed by atoms with Crippen molar-refractivity contribution < 1.29 is 18.7 Å². The number of oxazole rings is 2. The van der Waals surface area contributed by atoms with Crippen LogP contribution in [0.2, 0.25) is 0 Å². The molecule has 0 radical (unpaired) electrons. The summed E-state index contributed by atoms with van der Waals surface area (Å²) in [5.74, 6) is 0.774. The van der Waals surface area contributed by atoms with Crippen LogP contribution in [0.4, 0.5) is 11.4 Å². The summed E-state index contributed by atoms with van der Waals surface area (Å²) in [5, 5.41) is 22.0. The molecule has 0 bridgehead atoms. The third-order valence-corrected chi connectivity index (χ3v) is 6.95. The predicted molar refractivity (Wildman–Crippen MR) is 158 cm³/mol. The van der Waals surface area contributed by atoms with Gasteiger partial charge in [-0.1, -0.05) is 24.3 Å². The number of non-ortho nitro benzene ring substituents is 2. The van der Waals surface area contributed by atoms with Crippen molar-refractivity contribution >= 4 is 33.6 Å². The van der Waals surface area contributed by atoms with Gasteiger partial charge in [-0.25, -0.2) is 9.97 Å². The molecule has 0 aliphatic carbocycles. The fraction of sp³-hybridized carbons (Fsp3) is 0.125. The summed E-state index contributed by atoms with van der Waals surface area (Å²) in [6.07, 6.45) is 1.07. The summed E-state index contributed by atoms with van der Waals surface area (Å²) >= 11 is 0. The van der Waals surface area contributed by atoms with Gasteiger partial charge in [-0.05, 0) is 74.2 Å². The first-order chi connectivity index (χ1) is 20.1. The molecule has 4 aromatic carbocycles. The molecule has 6 aromatic rings. The van der Waals surface area contributed by atoms with Crippen LogP contribution < -0.4 is 0 Å². The summed E-state index contributed by atoms with van der Waals surface area (Å²) < 4.78 is 12.3. The summed E-state index contributed by atoms with van der Waals surface area (Å²) in [7, 11) is 0. The molecule has 2 aromatic heterocycles. The third kappa shape index (κ3) is 5.13. The van der Waals surface area contributed by atoms with Gasteiger partial charge in [0.25, 0.3) is 11.4 Å². The molecule has 6 rings (SSSR count). The molecule has 0 atom stereocenters. The highest BCUT2D eigenvalue weighted by molar-refractivity contribution is 5.82. The Morgan fingerprint density at radius 3 is 1.43 bits per heavy atom. The number of nitro groups is 2. The van der Waals surface area contributed by atoms with E-state index < -0.39 is 9.85 Å². The maximum absolute atomic E-state index is 11.0. The summed E-state index contributed by atoms with van der Waals surface area (Å²) in [6, 6.07) is 20.2. The van der Waals surface area contributed by atoms with Gasteiger partial charge in [0.15, 0.2) is 11.2 Å². The van der Waals surface area contributed by atoms with Crippen LogP contribution >= 0.6 is 0 Å². The molecule has 0 amide bonds. The summed E-state index contributed by atoms with van der Waals surface area (Å²) in [4.78, 5) is 30.4. The van der Waals surface area contributed by atoms with Gasteiger partial charge in [0.05, 0.1) is 9.85 Å². The topological polar surface area (TPSA) is 138 Å². The molecule has 0 N–H and O–H groups in total. The molecule has 0 saturated carbocycles. The molecular formula is C32H24N4O6. The minimum absolute atomic E-state index is 0.000397. The Kier molecular flexibility index (Phi) is 6.58. The van der Waals surface area contributed by atoms with Crippen LogP contribution in [-0.2, 0) is 12.8 Å². The molecule has 0 fully saturated rings. The Balaban J connectivity index is 1.28. The molecule has 0 aliphatic heterocycles. The lowest BCUT2D eigenvalue weighted by Gasteiger charge is -2.09. The van der Waals surface area contributed by atoms with E-state index in [9.17, 15) is 20.2 Å². The van der Waals surface area contributed by atoms with Crippen molar-refractivity contribution in [1.82, 2.24) is 9.97 Å². The van der Waals surface area contributed by atoms with Crippen LogP contribution in [0.1, 0.15) is 22.3 Å². The first-order valence-corrected chi connectivity index (χ1v) is 13.1. The van der Waals surface area contributed by atoms with Crippen LogP contribution in [0.3, 0.4) is 0 Å². The summed E-state index contributed by atoms with van der Waals surface area (Å²) in [5.41, 5.74) is 8.82. The Hall–Kier alpha value is -5.64. The van der Waals surface area contributed by atoms with E-state index in [2.05, 4.69) is 16.5 Å². The standard InChI is InChI=1S/C32H24N4O6/c1-18(12-23-14-19(2)16-27-29(23)41-31(33-27)21-4-8-25(9-5-21)35(37)38)13-24-15-20(3)17-28-30(24)42-32(34-28)22-6-10-26(11-7-22)36(39)40/h4-11,14-17H,1,12-13H2,2-3H3. The van der Waals surface area contributed by atoms with Crippen molar-refractivity contribution in [3.63, 3.8) is 0 Å². The number of benzene rings is 4. The number of aryl methyl sites for hydroxylation is 2. The lowest BCUT2D eigenvalue weighted by molar-refractivity contribution is -0.385. The average Bonchev–Trinajstić information content (AvgIpc) is 3.58. The quantitative estimate of drug-likeness (QED) is 0.103. The number of aromatic nitrogens is 2. The second-order valence-electron chi connectivity index (χ2n) is 10.3. The molecule has 0 unspecified atom stereocenters. The van der Waals surface area contributed by atoms with E-state index in [0.29, 0.717) is 57.9 Å². The van der Waals surface area contributed by atoms with E-state index in [-0.39, 0.29) is 11.4 Å². The molecule has 2 heterocycles. The van der Waals surface area contributed by atoms with Crippen molar-refractivity contribution in [2.75, 3.05) is 0 Å². The third-order valence-electron chi connectivity index (χ3n) is 6.95. The second-order valence-corrected chi connectivity index (χ2v) is 10.3. The Morgan fingerprint density at radius 2 is 1.07 bits per heavy atom. The molecule has 0 spiro atoms. The first kappa shape index (κ1) is 26.6. The van der Waals surface area contributed by atoms with Crippen molar-refractivity contribution in [3.05, 3.63) is 127 Å². The molecule has 10 nitrogen and oxygen atoms in total. The maximum Gasteiger partial charge on any atom is 0.269 e. The zero-order chi connectivity index (χ0) is 29.5. The van der Waals surface area contributed by atoms with E-state index >= 15 is 0 Å². The van der Waals surface area contributed by atoms with E-state index in [0.717, 1.165) is 27.8 Å². The minimum atomic E-state index is -0.444. The Morgan fingerprint density at radius 1 is 0.690 bits per heavy atom. The lowest BCUT2D eigenvalue weighted by Crippen LogP contribution is -1.97. The number of hydrogen-bond donors (Lipinski definition) is 0. The van der Waals surface area contributed by atoms with Gasteiger partial charge < -0.3 is 8.83 Å². The van der Waals surface area contributed by atoms with Crippen LogP contribution in [0.5, 0.6) is 0 Å². The van der Waals surface area contributed by atoms with Gasteiger partial charge in [-0.15, -0.1) is 0 Å². The van der Waals surface area contributed by atoms with Crippen LogP contribution in [0.15, 0.2) is 93.8 Å². The summed E-state index contributed by atoms with van der Waals surface area (Å²) in [6.45, 7) is 8.33. The van der Waals surface area contributed by atoms with Crippen LogP contribution in [0, 0.1) is 34.1 Å². The molecule has 208 valence electrons. The molecular weight excluding hydrogens is 536 g/mol. The fourth-order valence-corrected chi connectivity index (χ4v) is 5.08. The van der Waals surface area contributed by atoms with Gasteiger partial charge in [0.2, 0.25) is 11.8 Å². The highest BCUT2D eigenvalue weighted by Crippen LogP contribution is 2.33. The number of nitrogens with zero attached hydrogens (tertiary/aromatic N) is 4. The van der Waals surface area contributed by atoms with Gasteiger partial charge in [0.1, 0.15) is 11.0 Å². The van der Waals surface area contributed by atoms with Gasteiger partial charge in [-0.3, -0.25) is 20.2 Å². The Bertz CT molecular complexity index is 1880. The number of rotatable bonds is 8. The van der Waals surface area contributed by atoms with Crippen LogP contribution in [-0.4, -0.2) is 19.8 Å². The minimum Gasteiger partial charge on any atom is -0.436 e. The van der Waals surface area contributed by atoms with Gasteiger partial charge >= 0.3 is 0 Å². The van der Waals surface area contributed by atoms with Crippen molar-refractivity contribution in [3.8, 4) is 22.9 Å². The SMILES string of the molecule is C=C(Cc1cc(C)cc2nc(-c3ccc([N+](=O)[O-])cc3)oc12)Cc1cc(C)cc2nc(-c3ccc([N+](=O)[O-])cc3)oc12. The zero-order valence-corrected chi connectivity index (χ0v) is 22.8. The van der Waals surface area contributed by atoms with E-state index in [1.165, 1.54) is 24.3 Å². The Labute approximate surface area is 239 Å². The molecule has 10 heteroatoms. The average molecular weight is 561 g/mol. The number of allylic oxidation sites excluding steroid dienone is 1. The monoisotopic (exact) mass is 560 g/mol. The normalized spacial score (nSPS) is 11.3. The van der Waals surface area contributed by atoms with Crippen molar-refractivity contribution in [2.24, 2.45) is 0 Å². The smallest absolute Gasteiger partial charge is 0.269 e. The highest BCUT2D eigenvalue weighted by atomic mass is 16.6. The molecule has 42 heavy (non-hydrogen) atoms. The number of nitro benzene ring substituents is 2. The first-order valence-electron chi connectivity index (χ1n) is 13.1. The van der Waals surface area contributed by atoms with Gasteiger partial charge in [0, 0.05) is 46.5 Å². The number of hydrogen-bond acceptors (Lipinski definition) is 8. The van der Waals surface area contributed by atoms with Crippen molar-refractivity contribution in [1.29, 1.82) is 0 Å². The second kappa shape index (κ2) is 10.4. The molecule has 0 aliphatic rings. The predicted octanol–water partition coefficient (Wildman–Crippen LogP) is 8.08. The maximum atomic E-state index is 11.0. The lowest BCUT2D eigenvalue weighted by atomic mass is 9.97. The van der Waals surface area contributed by atoms with E-state index in [1.807, 2.05) is 38.1 Å². The largest absolute Gasteiger partial charge is 0.436 e. The van der Waals surface area contributed by atoms with E-state index in [1.54, 1.807) is 24.3 Å². The molecule has 0 saturated heterocycles. The van der Waals surface area contributed by atoms with Crippen LogP contribution in [0.25, 0.3) is 45.1 Å². The van der Waals surface area contributed by atoms with Crippen molar-refractivity contribution in [2.45, 2.75) is 26.7 Å². The van der Waals surface area contributed by atoms with E-state index in [4.69, 9.17) is 8.83 Å². The highest BCUT2D eigenvalue weighted by Gasteiger charge is 2.18. The number of fused-ring (bicyclic) bond motifs is 2. The van der Waals surface area contributed by atoms with Gasteiger partial charge in [-0.2, -0.15) is 0 Å².